The molecule has 0 bridgehead atoms. The van der Waals surface area contributed by atoms with Crippen molar-refractivity contribution in [2.75, 3.05) is 12.4 Å². The lowest BCUT2D eigenvalue weighted by molar-refractivity contribution is 0.0944. The number of furan rings is 1. The zero-order valence-electron chi connectivity index (χ0n) is 11.4. The van der Waals surface area contributed by atoms with Crippen molar-refractivity contribution in [3.63, 3.8) is 0 Å². The Hall–Kier alpha value is -0.960. The number of carbonyl (C=O) groups is 1. The Kier molecular flexibility index (Phi) is 6.27. The summed E-state index contributed by atoms with van der Waals surface area (Å²) in [4.78, 5) is 12.0. The summed E-state index contributed by atoms with van der Waals surface area (Å²) in [5.41, 5.74) is 0.633. The Balaban J connectivity index is 2.51. The number of carbonyl (C=O) groups excluding carboxylic acids is 1. The maximum absolute atomic E-state index is 12.0. The number of amides is 1. The second-order valence-corrected chi connectivity index (χ2v) is 5.05. The van der Waals surface area contributed by atoms with Crippen LogP contribution in [0.25, 0.3) is 0 Å². The first-order valence-electron chi connectivity index (χ1n) is 6.49. The van der Waals surface area contributed by atoms with Crippen molar-refractivity contribution in [3.8, 4) is 0 Å². The molecule has 1 unspecified atom stereocenters. The summed E-state index contributed by atoms with van der Waals surface area (Å²) in [5, 5.41) is 2.97. The molecule has 4 heteroatoms. The van der Waals surface area contributed by atoms with Crippen molar-refractivity contribution in [1.82, 2.24) is 5.32 Å². The summed E-state index contributed by atoms with van der Waals surface area (Å²) in [5.74, 6) is 2.49. The van der Waals surface area contributed by atoms with Crippen LogP contribution in [0.15, 0.2) is 10.5 Å². The van der Waals surface area contributed by atoms with Crippen molar-refractivity contribution >= 4 is 17.5 Å². The Morgan fingerprint density at radius 1 is 1.44 bits per heavy atom. The first-order chi connectivity index (χ1) is 8.58. The number of aryl methyl sites for hydroxylation is 2. The summed E-state index contributed by atoms with van der Waals surface area (Å²) in [6, 6.07) is 1.78. The van der Waals surface area contributed by atoms with Crippen molar-refractivity contribution in [1.29, 1.82) is 0 Å². The van der Waals surface area contributed by atoms with E-state index in [4.69, 9.17) is 16.0 Å². The first kappa shape index (κ1) is 15.1. The van der Waals surface area contributed by atoms with E-state index in [0.717, 1.165) is 25.0 Å². The van der Waals surface area contributed by atoms with Gasteiger partial charge in [-0.1, -0.05) is 13.3 Å². The Bertz CT molecular complexity index is 381. The predicted molar refractivity (Wildman–Crippen MR) is 74.3 cm³/mol. The lowest BCUT2D eigenvalue weighted by atomic mass is 10.0. The van der Waals surface area contributed by atoms with Gasteiger partial charge in [-0.05, 0) is 38.7 Å². The molecule has 1 N–H and O–H groups in total. The molecule has 0 radical (unpaired) electrons. The Morgan fingerprint density at radius 3 is 2.67 bits per heavy atom. The average Bonchev–Trinajstić information content (AvgIpc) is 2.65. The monoisotopic (exact) mass is 271 g/mol. The maximum Gasteiger partial charge on any atom is 0.254 e. The van der Waals surface area contributed by atoms with Gasteiger partial charge >= 0.3 is 0 Å². The van der Waals surface area contributed by atoms with E-state index < -0.39 is 0 Å². The Morgan fingerprint density at radius 2 is 2.17 bits per heavy atom. The first-order valence-corrected chi connectivity index (χ1v) is 7.03. The van der Waals surface area contributed by atoms with Gasteiger partial charge in [-0.15, -0.1) is 11.6 Å². The zero-order valence-corrected chi connectivity index (χ0v) is 12.1. The highest BCUT2D eigenvalue weighted by Gasteiger charge is 2.15. The fourth-order valence-corrected chi connectivity index (χ4v) is 2.41. The van der Waals surface area contributed by atoms with Crippen LogP contribution in [0.2, 0.25) is 0 Å². The molecule has 0 spiro atoms. The van der Waals surface area contributed by atoms with Crippen LogP contribution in [0.1, 0.15) is 48.1 Å². The lowest BCUT2D eigenvalue weighted by Crippen LogP contribution is -2.29. The second kappa shape index (κ2) is 7.47. The lowest BCUT2D eigenvalue weighted by Gasteiger charge is -2.15. The van der Waals surface area contributed by atoms with Crippen molar-refractivity contribution in [2.45, 2.75) is 40.0 Å². The maximum atomic E-state index is 12.0. The summed E-state index contributed by atoms with van der Waals surface area (Å²) >= 11 is 5.77. The third-order valence-corrected chi connectivity index (χ3v) is 3.27. The van der Waals surface area contributed by atoms with E-state index in [-0.39, 0.29) is 5.91 Å². The molecule has 1 atom stereocenters. The van der Waals surface area contributed by atoms with Gasteiger partial charge in [0.2, 0.25) is 0 Å². The van der Waals surface area contributed by atoms with Crippen LogP contribution in [-0.2, 0) is 0 Å². The highest BCUT2D eigenvalue weighted by Crippen LogP contribution is 2.15. The minimum Gasteiger partial charge on any atom is -0.466 e. The molecule has 1 rings (SSSR count). The Labute approximate surface area is 114 Å². The van der Waals surface area contributed by atoms with Crippen LogP contribution in [0.3, 0.4) is 0 Å². The van der Waals surface area contributed by atoms with Gasteiger partial charge in [-0.25, -0.2) is 0 Å². The molecular weight excluding hydrogens is 250 g/mol. The number of hydrogen-bond acceptors (Lipinski definition) is 2. The highest BCUT2D eigenvalue weighted by molar-refractivity contribution is 6.17. The summed E-state index contributed by atoms with van der Waals surface area (Å²) in [6.45, 7) is 6.48. The van der Waals surface area contributed by atoms with Crippen molar-refractivity contribution in [2.24, 2.45) is 5.92 Å². The molecule has 0 aliphatic rings. The topological polar surface area (TPSA) is 42.2 Å². The van der Waals surface area contributed by atoms with Gasteiger partial charge in [-0.3, -0.25) is 4.79 Å². The largest absolute Gasteiger partial charge is 0.466 e. The van der Waals surface area contributed by atoms with E-state index in [9.17, 15) is 4.79 Å². The van der Waals surface area contributed by atoms with Crippen LogP contribution in [0, 0.1) is 19.8 Å². The quantitative estimate of drug-likeness (QED) is 0.769. The summed E-state index contributed by atoms with van der Waals surface area (Å²) in [7, 11) is 0. The molecule has 1 aromatic heterocycles. The molecule has 18 heavy (non-hydrogen) atoms. The predicted octanol–water partition coefficient (Wildman–Crippen LogP) is 3.67. The molecule has 0 saturated carbocycles. The zero-order chi connectivity index (χ0) is 13.5. The fourth-order valence-electron chi connectivity index (χ4n) is 2.10. The van der Waals surface area contributed by atoms with Gasteiger partial charge in [0.15, 0.2) is 0 Å². The SMILES string of the molecule is CCCC(CCCl)CNC(=O)c1cc(C)oc1C. The van der Waals surface area contributed by atoms with Crippen LogP contribution in [0.5, 0.6) is 0 Å². The van der Waals surface area contributed by atoms with Crippen LogP contribution < -0.4 is 5.32 Å². The summed E-state index contributed by atoms with van der Waals surface area (Å²) in [6.07, 6.45) is 3.15. The molecule has 1 aromatic rings. The number of nitrogens with one attached hydrogen (secondary N) is 1. The number of halogens is 1. The van der Waals surface area contributed by atoms with Crippen LogP contribution in [0.4, 0.5) is 0 Å². The molecule has 3 nitrogen and oxygen atoms in total. The third kappa shape index (κ3) is 4.37. The minimum absolute atomic E-state index is 0.0555. The fraction of sp³-hybridized carbons (Fsp3) is 0.643. The molecule has 0 fully saturated rings. The molecule has 102 valence electrons. The van der Waals surface area contributed by atoms with E-state index in [1.54, 1.807) is 6.07 Å². The normalized spacial score (nSPS) is 12.4. The van der Waals surface area contributed by atoms with Crippen LogP contribution >= 0.6 is 11.6 Å². The molecular formula is C14H22ClNO2. The van der Waals surface area contributed by atoms with Gasteiger partial charge in [0.25, 0.3) is 5.91 Å². The molecule has 0 aliphatic carbocycles. The summed E-state index contributed by atoms with van der Waals surface area (Å²) < 4.78 is 5.36. The highest BCUT2D eigenvalue weighted by atomic mass is 35.5. The molecule has 0 aromatic carbocycles. The molecule has 1 amide bonds. The van der Waals surface area contributed by atoms with E-state index >= 15 is 0 Å². The van der Waals surface area contributed by atoms with Crippen LogP contribution in [-0.4, -0.2) is 18.3 Å². The van der Waals surface area contributed by atoms with E-state index in [2.05, 4.69) is 12.2 Å². The minimum atomic E-state index is -0.0555. The molecule has 0 aliphatic heterocycles. The number of hydrogen-bond donors (Lipinski definition) is 1. The van der Waals surface area contributed by atoms with Gasteiger partial charge < -0.3 is 9.73 Å². The van der Waals surface area contributed by atoms with E-state index in [1.807, 2.05) is 13.8 Å². The van der Waals surface area contributed by atoms with Crippen molar-refractivity contribution < 1.29 is 9.21 Å². The smallest absolute Gasteiger partial charge is 0.254 e. The molecule has 1 heterocycles. The van der Waals surface area contributed by atoms with Gasteiger partial charge in [0.05, 0.1) is 5.56 Å². The van der Waals surface area contributed by atoms with E-state index in [1.165, 1.54) is 0 Å². The third-order valence-electron chi connectivity index (χ3n) is 3.05. The van der Waals surface area contributed by atoms with E-state index in [0.29, 0.717) is 29.7 Å². The van der Waals surface area contributed by atoms with Gasteiger partial charge in [0, 0.05) is 12.4 Å². The standard InChI is InChI=1S/C14H22ClNO2/c1-4-5-12(6-7-15)9-16-14(17)13-8-10(2)18-11(13)3/h8,12H,4-7,9H2,1-3H3,(H,16,17). The number of rotatable bonds is 7. The van der Waals surface area contributed by atoms with Crippen molar-refractivity contribution in [3.05, 3.63) is 23.2 Å². The second-order valence-electron chi connectivity index (χ2n) is 4.67. The number of alkyl halides is 1. The van der Waals surface area contributed by atoms with Gasteiger partial charge in [-0.2, -0.15) is 0 Å². The molecule has 0 saturated heterocycles. The van der Waals surface area contributed by atoms with Gasteiger partial charge in [0.1, 0.15) is 11.5 Å². The average molecular weight is 272 g/mol.